The number of rotatable bonds is 4. The molecule has 0 aromatic heterocycles. The zero-order valence-electron chi connectivity index (χ0n) is 13.1. The second kappa shape index (κ2) is 6.50. The molecule has 3 N–H and O–H groups in total. The maximum absolute atomic E-state index is 11.5. The Kier molecular flexibility index (Phi) is 4.36. The largest absolute Gasteiger partial charge is 0.396 e. The molecule has 0 heterocycles. The molecule has 0 fully saturated rings. The summed E-state index contributed by atoms with van der Waals surface area (Å²) < 4.78 is 32.2. The lowest BCUT2D eigenvalue weighted by Crippen LogP contribution is -1.99. The van der Waals surface area contributed by atoms with Crippen molar-refractivity contribution in [3.8, 4) is 0 Å². The van der Waals surface area contributed by atoms with Gasteiger partial charge in [0.05, 0.1) is 16.3 Å². The van der Waals surface area contributed by atoms with Crippen molar-refractivity contribution in [3.63, 3.8) is 0 Å². The highest BCUT2D eigenvalue weighted by atomic mass is 32.2. The second-order valence-corrected chi connectivity index (χ2v) is 6.69. The van der Waals surface area contributed by atoms with Gasteiger partial charge in [-0.1, -0.05) is 18.2 Å². The Hall–Kier alpha value is -3.37. The fraction of sp³-hybridized carbons (Fsp3) is 0. The average Bonchev–Trinajstić information content (AvgIpc) is 2.60. The Morgan fingerprint density at radius 3 is 2.27 bits per heavy atom. The smallest absolute Gasteiger partial charge is 0.295 e. The van der Waals surface area contributed by atoms with Crippen LogP contribution < -0.4 is 5.73 Å². The lowest BCUT2D eigenvalue weighted by Gasteiger charge is -2.08. The molecule has 0 unspecified atom stereocenters. The van der Waals surface area contributed by atoms with E-state index in [0.717, 1.165) is 0 Å². The van der Waals surface area contributed by atoms with Crippen LogP contribution in [0.15, 0.2) is 69.7 Å². The van der Waals surface area contributed by atoms with Crippen molar-refractivity contribution in [1.82, 2.24) is 0 Å². The standard InChI is InChI=1S/C16H12N4O5S/c17-16-13-2-1-3-15(26(23,24)25)12(13)8-9-14(16)19-18-10-4-6-11(7-5-10)20(21)22/h1-9H,17H2,(H,23,24,25). The molecule has 0 aliphatic rings. The molecule has 3 aromatic carbocycles. The Morgan fingerprint density at radius 1 is 0.962 bits per heavy atom. The molecule has 132 valence electrons. The van der Waals surface area contributed by atoms with Crippen molar-refractivity contribution in [3.05, 3.63) is 64.7 Å². The first-order valence-corrected chi connectivity index (χ1v) is 8.66. The minimum Gasteiger partial charge on any atom is -0.396 e. The number of anilines is 1. The first-order chi connectivity index (χ1) is 12.3. The highest BCUT2D eigenvalue weighted by Crippen LogP contribution is 2.34. The van der Waals surface area contributed by atoms with Crippen LogP contribution in [0.3, 0.4) is 0 Å². The normalized spacial score (nSPS) is 11.9. The van der Waals surface area contributed by atoms with Crippen LogP contribution in [0.5, 0.6) is 0 Å². The van der Waals surface area contributed by atoms with Crippen LogP contribution >= 0.6 is 0 Å². The lowest BCUT2D eigenvalue weighted by molar-refractivity contribution is -0.384. The van der Waals surface area contributed by atoms with E-state index in [4.69, 9.17) is 5.73 Å². The van der Waals surface area contributed by atoms with E-state index in [9.17, 15) is 23.1 Å². The van der Waals surface area contributed by atoms with Crippen LogP contribution in [0, 0.1) is 10.1 Å². The number of azo groups is 1. The zero-order valence-corrected chi connectivity index (χ0v) is 13.9. The summed E-state index contributed by atoms with van der Waals surface area (Å²) in [5.41, 5.74) is 6.86. The number of nitrogen functional groups attached to an aromatic ring is 1. The third-order valence-corrected chi connectivity index (χ3v) is 4.56. The van der Waals surface area contributed by atoms with E-state index < -0.39 is 15.0 Å². The van der Waals surface area contributed by atoms with Gasteiger partial charge in [0.1, 0.15) is 10.6 Å². The number of nitro groups is 1. The number of hydrogen-bond acceptors (Lipinski definition) is 7. The Labute approximate surface area is 147 Å². The van der Waals surface area contributed by atoms with Gasteiger partial charge in [-0.3, -0.25) is 14.7 Å². The van der Waals surface area contributed by atoms with E-state index in [1.807, 2.05) is 0 Å². The van der Waals surface area contributed by atoms with Gasteiger partial charge < -0.3 is 5.73 Å². The minimum absolute atomic E-state index is 0.0630. The summed E-state index contributed by atoms with van der Waals surface area (Å²) in [6, 6.07) is 12.8. The van der Waals surface area contributed by atoms with Gasteiger partial charge in [-0.05, 0) is 24.3 Å². The predicted molar refractivity (Wildman–Crippen MR) is 95.4 cm³/mol. The van der Waals surface area contributed by atoms with E-state index in [0.29, 0.717) is 16.8 Å². The Balaban J connectivity index is 2.01. The number of fused-ring (bicyclic) bond motifs is 1. The Bertz CT molecular complexity index is 1140. The predicted octanol–water partition coefficient (Wildman–Crippen LogP) is 3.99. The van der Waals surface area contributed by atoms with Crippen molar-refractivity contribution in [2.24, 2.45) is 10.2 Å². The summed E-state index contributed by atoms with van der Waals surface area (Å²) in [5.74, 6) is 0. The van der Waals surface area contributed by atoms with Gasteiger partial charge in [0, 0.05) is 22.9 Å². The van der Waals surface area contributed by atoms with E-state index in [1.54, 1.807) is 6.07 Å². The van der Waals surface area contributed by atoms with Gasteiger partial charge in [0.15, 0.2) is 0 Å². The third kappa shape index (κ3) is 3.36. The van der Waals surface area contributed by atoms with Crippen LogP contribution in [-0.2, 0) is 10.1 Å². The lowest BCUT2D eigenvalue weighted by atomic mass is 10.1. The van der Waals surface area contributed by atoms with E-state index in [1.165, 1.54) is 48.5 Å². The van der Waals surface area contributed by atoms with Crippen molar-refractivity contribution in [2.75, 3.05) is 5.73 Å². The molecule has 26 heavy (non-hydrogen) atoms. The number of nitrogens with zero attached hydrogens (tertiary/aromatic N) is 3. The molecule has 0 bridgehead atoms. The molecule has 9 nitrogen and oxygen atoms in total. The Morgan fingerprint density at radius 2 is 1.65 bits per heavy atom. The fourth-order valence-electron chi connectivity index (χ4n) is 2.41. The molecule has 0 amide bonds. The summed E-state index contributed by atoms with van der Waals surface area (Å²) in [4.78, 5) is 9.86. The van der Waals surface area contributed by atoms with Crippen molar-refractivity contribution < 1.29 is 17.9 Å². The highest BCUT2D eigenvalue weighted by molar-refractivity contribution is 7.86. The molecule has 3 rings (SSSR count). The fourth-order valence-corrected chi connectivity index (χ4v) is 3.11. The molecule has 0 aliphatic carbocycles. The minimum atomic E-state index is -4.39. The van der Waals surface area contributed by atoms with Crippen molar-refractivity contribution >= 4 is 43.6 Å². The topological polar surface area (TPSA) is 148 Å². The molecule has 0 saturated carbocycles. The quantitative estimate of drug-likeness (QED) is 0.232. The number of hydrogen-bond donors (Lipinski definition) is 2. The second-order valence-electron chi connectivity index (χ2n) is 5.30. The zero-order chi connectivity index (χ0) is 18.9. The molecule has 0 aliphatic heterocycles. The number of benzene rings is 3. The van der Waals surface area contributed by atoms with E-state index in [-0.39, 0.29) is 21.7 Å². The van der Waals surface area contributed by atoms with E-state index >= 15 is 0 Å². The highest BCUT2D eigenvalue weighted by Gasteiger charge is 2.15. The summed E-state index contributed by atoms with van der Waals surface area (Å²) in [7, 11) is -4.39. The number of non-ortho nitro benzene ring substituents is 1. The van der Waals surface area contributed by atoms with Crippen LogP contribution in [-0.4, -0.2) is 17.9 Å². The van der Waals surface area contributed by atoms with Crippen LogP contribution in [0.2, 0.25) is 0 Å². The van der Waals surface area contributed by atoms with Crippen molar-refractivity contribution in [2.45, 2.75) is 4.90 Å². The first-order valence-electron chi connectivity index (χ1n) is 7.22. The molecule has 0 saturated heterocycles. The molecular weight excluding hydrogens is 360 g/mol. The third-order valence-electron chi connectivity index (χ3n) is 3.65. The van der Waals surface area contributed by atoms with Gasteiger partial charge >= 0.3 is 0 Å². The molecular formula is C16H12N4O5S. The number of nitro benzene ring substituents is 1. The van der Waals surface area contributed by atoms with E-state index in [2.05, 4.69) is 10.2 Å². The van der Waals surface area contributed by atoms with Gasteiger partial charge in [-0.25, -0.2) is 0 Å². The van der Waals surface area contributed by atoms with Crippen molar-refractivity contribution in [1.29, 1.82) is 0 Å². The summed E-state index contributed by atoms with van der Waals surface area (Å²) in [6.07, 6.45) is 0. The molecule has 0 atom stereocenters. The van der Waals surface area contributed by atoms with Crippen LogP contribution in [0.25, 0.3) is 10.8 Å². The molecule has 10 heteroatoms. The summed E-state index contributed by atoms with van der Waals surface area (Å²) in [6.45, 7) is 0. The molecule has 3 aromatic rings. The van der Waals surface area contributed by atoms with Crippen LogP contribution in [0.1, 0.15) is 0 Å². The first kappa shape index (κ1) is 17.5. The summed E-state index contributed by atoms with van der Waals surface area (Å²) >= 11 is 0. The maximum Gasteiger partial charge on any atom is 0.295 e. The molecule has 0 spiro atoms. The average molecular weight is 372 g/mol. The van der Waals surface area contributed by atoms with Gasteiger partial charge in [-0.15, -0.1) is 5.11 Å². The van der Waals surface area contributed by atoms with Gasteiger partial charge in [0.25, 0.3) is 15.8 Å². The maximum atomic E-state index is 11.5. The monoisotopic (exact) mass is 372 g/mol. The van der Waals surface area contributed by atoms with Gasteiger partial charge in [-0.2, -0.15) is 13.5 Å². The van der Waals surface area contributed by atoms with Gasteiger partial charge in [0.2, 0.25) is 0 Å². The number of nitrogens with two attached hydrogens (primary N) is 1. The summed E-state index contributed by atoms with van der Waals surface area (Å²) in [5, 5.41) is 19.3. The van der Waals surface area contributed by atoms with Crippen LogP contribution in [0.4, 0.5) is 22.7 Å². The SMILES string of the molecule is Nc1c(N=Nc2ccc([N+](=O)[O-])cc2)ccc2c(S(=O)(=O)O)cccc12. The molecule has 0 radical (unpaired) electrons.